The van der Waals surface area contributed by atoms with Gasteiger partial charge < -0.3 is 5.73 Å². The predicted octanol–water partition coefficient (Wildman–Crippen LogP) is 2.69. The Kier molecular flexibility index (Phi) is 5.91. The summed E-state index contributed by atoms with van der Waals surface area (Å²) in [5.41, 5.74) is 9.63. The van der Waals surface area contributed by atoms with E-state index >= 15 is 0 Å². The number of rotatable bonds is 6. The summed E-state index contributed by atoms with van der Waals surface area (Å²) in [6.45, 7) is 6.91. The molecule has 0 bridgehead atoms. The van der Waals surface area contributed by atoms with Crippen LogP contribution in [-0.2, 0) is 0 Å². The molecule has 2 unspecified atom stereocenters. The highest BCUT2D eigenvalue weighted by Crippen LogP contribution is 2.17. The van der Waals surface area contributed by atoms with Crippen LogP contribution in [0.2, 0.25) is 0 Å². The van der Waals surface area contributed by atoms with Crippen LogP contribution in [0.25, 0.3) is 0 Å². The molecule has 0 radical (unpaired) electrons. The molecule has 0 spiro atoms. The second-order valence-electron chi connectivity index (χ2n) is 4.88. The fourth-order valence-corrected chi connectivity index (χ4v) is 2.26. The van der Waals surface area contributed by atoms with Gasteiger partial charge in [-0.05, 0) is 25.8 Å². The molecule has 18 heavy (non-hydrogen) atoms. The van der Waals surface area contributed by atoms with Gasteiger partial charge in [-0.15, -0.1) is 6.42 Å². The summed E-state index contributed by atoms with van der Waals surface area (Å²) in [5.74, 6) is 2.80. The second kappa shape index (κ2) is 7.20. The minimum Gasteiger partial charge on any atom is -0.329 e. The lowest BCUT2D eigenvalue weighted by atomic mass is 10.00. The maximum Gasteiger partial charge on any atom is 0.0692 e. The van der Waals surface area contributed by atoms with Crippen molar-refractivity contribution in [3.63, 3.8) is 0 Å². The van der Waals surface area contributed by atoms with Crippen LogP contribution in [0, 0.1) is 26.2 Å². The van der Waals surface area contributed by atoms with E-state index in [2.05, 4.69) is 50.2 Å². The van der Waals surface area contributed by atoms with Crippen LogP contribution >= 0.6 is 0 Å². The van der Waals surface area contributed by atoms with Crippen molar-refractivity contribution in [1.29, 1.82) is 0 Å². The highest BCUT2D eigenvalue weighted by molar-refractivity contribution is 5.31. The van der Waals surface area contributed by atoms with Crippen LogP contribution in [0.15, 0.2) is 18.2 Å². The van der Waals surface area contributed by atoms with Gasteiger partial charge >= 0.3 is 0 Å². The lowest BCUT2D eigenvalue weighted by Crippen LogP contribution is -2.35. The summed E-state index contributed by atoms with van der Waals surface area (Å²) >= 11 is 0. The molecule has 98 valence electrons. The summed E-state index contributed by atoms with van der Waals surface area (Å²) in [4.78, 5) is 0. The number of hydrogen-bond donors (Lipinski definition) is 2. The lowest BCUT2D eigenvalue weighted by Gasteiger charge is -2.22. The first kappa shape index (κ1) is 14.8. The van der Waals surface area contributed by atoms with Gasteiger partial charge in [0.25, 0.3) is 0 Å². The molecule has 1 rings (SSSR count). The summed E-state index contributed by atoms with van der Waals surface area (Å²) in [6, 6.07) is 6.76. The minimum atomic E-state index is 0.101. The van der Waals surface area contributed by atoms with Crippen molar-refractivity contribution in [1.82, 2.24) is 5.32 Å². The van der Waals surface area contributed by atoms with E-state index in [-0.39, 0.29) is 12.1 Å². The van der Waals surface area contributed by atoms with Crippen LogP contribution in [0.1, 0.15) is 42.5 Å². The lowest BCUT2D eigenvalue weighted by molar-refractivity contribution is 0.475. The Morgan fingerprint density at radius 1 is 1.28 bits per heavy atom. The van der Waals surface area contributed by atoms with Crippen LogP contribution < -0.4 is 11.1 Å². The van der Waals surface area contributed by atoms with E-state index in [0.29, 0.717) is 6.54 Å². The van der Waals surface area contributed by atoms with Crippen molar-refractivity contribution in [2.45, 2.75) is 45.7 Å². The molecule has 0 aliphatic carbocycles. The van der Waals surface area contributed by atoms with E-state index < -0.39 is 0 Å². The number of terminal acetylenes is 1. The third-order valence-corrected chi connectivity index (χ3v) is 3.06. The van der Waals surface area contributed by atoms with Crippen LogP contribution in [0.3, 0.4) is 0 Å². The van der Waals surface area contributed by atoms with Gasteiger partial charge in [-0.3, -0.25) is 5.32 Å². The number of aryl methyl sites for hydroxylation is 2. The van der Waals surface area contributed by atoms with Crippen LogP contribution in [0.5, 0.6) is 0 Å². The SMILES string of the molecule is C#CC(CCC)NC(CN)c1cc(C)cc(C)c1. The molecular weight excluding hydrogens is 220 g/mol. The van der Waals surface area contributed by atoms with Crippen LogP contribution in [0.4, 0.5) is 0 Å². The number of nitrogens with one attached hydrogen (secondary N) is 1. The Morgan fingerprint density at radius 2 is 1.89 bits per heavy atom. The molecule has 3 N–H and O–H groups in total. The fraction of sp³-hybridized carbons (Fsp3) is 0.500. The molecule has 0 saturated heterocycles. The highest BCUT2D eigenvalue weighted by atomic mass is 15.0. The highest BCUT2D eigenvalue weighted by Gasteiger charge is 2.14. The van der Waals surface area contributed by atoms with E-state index in [1.807, 2.05) is 0 Å². The first-order valence-electron chi connectivity index (χ1n) is 6.61. The van der Waals surface area contributed by atoms with Crippen molar-refractivity contribution in [3.05, 3.63) is 34.9 Å². The Hall–Kier alpha value is -1.30. The topological polar surface area (TPSA) is 38.0 Å². The summed E-state index contributed by atoms with van der Waals surface area (Å²) in [6.07, 6.45) is 7.61. The molecule has 0 saturated carbocycles. The van der Waals surface area contributed by atoms with Gasteiger partial charge in [-0.25, -0.2) is 0 Å². The van der Waals surface area contributed by atoms with E-state index in [1.165, 1.54) is 16.7 Å². The monoisotopic (exact) mass is 244 g/mol. The van der Waals surface area contributed by atoms with Gasteiger partial charge in [0.15, 0.2) is 0 Å². The van der Waals surface area contributed by atoms with E-state index in [9.17, 15) is 0 Å². The Morgan fingerprint density at radius 3 is 2.33 bits per heavy atom. The largest absolute Gasteiger partial charge is 0.329 e. The molecule has 0 aliphatic rings. The molecule has 0 fully saturated rings. The van der Waals surface area contributed by atoms with Gasteiger partial charge in [-0.1, -0.05) is 48.6 Å². The number of hydrogen-bond acceptors (Lipinski definition) is 2. The minimum absolute atomic E-state index is 0.101. The van der Waals surface area contributed by atoms with Crippen molar-refractivity contribution >= 4 is 0 Å². The maximum absolute atomic E-state index is 5.87. The molecule has 2 heteroatoms. The Bertz CT molecular complexity index is 397. The normalized spacial score (nSPS) is 13.9. The van der Waals surface area contributed by atoms with E-state index in [1.54, 1.807) is 0 Å². The predicted molar refractivity (Wildman–Crippen MR) is 78.4 cm³/mol. The molecule has 0 aliphatic heterocycles. The smallest absolute Gasteiger partial charge is 0.0692 e. The fourth-order valence-electron chi connectivity index (χ4n) is 2.26. The molecule has 2 atom stereocenters. The average Bonchev–Trinajstić information content (AvgIpc) is 2.33. The first-order chi connectivity index (χ1) is 8.60. The zero-order valence-electron chi connectivity index (χ0n) is 11.7. The first-order valence-corrected chi connectivity index (χ1v) is 6.61. The zero-order chi connectivity index (χ0) is 13.5. The van der Waals surface area contributed by atoms with Gasteiger partial charge in [0, 0.05) is 12.6 Å². The third kappa shape index (κ3) is 4.18. The maximum atomic E-state index is 5.87. The molecule has 0 amide bonds. The zero-order valence-corrected chi connectivity index (χ0v) is 11.7. The Balaban J connectivity index is 2.85. The van der Waals surface area contributed by atoms with E-state index in [4.69, 9.17) is 12.2 Å². The van der Waals surface area contributed by atoms with Crippen LogP contribution in [-0.4, -0.2) is 12.6 Å². The number of nitrogens with two attached hydrogens (primary N) is 1. The molecule has 1 aromatic carbocycles. The van der Waals surface area contributed by atoms with Crippen molar-refractivity contribution in [2.24, 2.45) is 5.73 Å². The molecule has 1 aromatic rings. The quantitative estimate of drug-likeness (QED) is 0.755. The average molecular weight is 244 g/mol. The van der Waals surface area contributed by atoms with Gasteiger partial charge in [0.05, 0.1) is 6.04 Å². The van der Waals surface area contributed by atoms with Crippen molar-refractivity contribution in [2.75, 3.05) is 6.54 Å². The van der Waals surface area contributed by atoms with Crippen molar-refractivity contribution < 1.29 is 0 Å². The summed E-state index contributed by atoms with van der Waals surface area (Å²) in [5, 5.41) is 3.46. The second-order valence-corrected chi connectivity index (χ2v) is 4.88. The molecule has 0 heterocycles. The van der Waals surface area contributed by atoms with Gasteiger partial charge in [0.1, 0.15) is 0 Å². The standard InChI is InChI=1S/C16H24N2/c1-5-7-15(6-2)18-16(11-17)14-9-12(3)8-13(4)10-14/h2,8-10,15-16,18H,5,7,11,17H2,1,3-4H3. The Labute approximate surface area is 111 Å². The summed E-state index contributed by atoms with van der Waals surface area (Å²) < 4.78 is 0. The molecule has 0 aromatic heterocycles. The van der Waals surface area contributed by atoms with E-state index in [0.717, 1.165) is 12.8 Å². The molecule has 2 nitrogen and oxygen atoms in total. The van der Waals surface area contributed by atoms with Crippen molar-refractivity contribution in [3.8, 4) is 12.3 Å². The third-order valence-electron chi connectivity index (χ3n) is 3.06. The van der Waals surface area contributed by atoms with Gasteiger partial charge in [0.2, 0.25) is 0 Å². The molecular formula is C16H24N2. The van der Waals surface area contributed by atoms with Gasteiger partial charge in [-0.2, -0.15) is 0 Å². The number of benzene rings is 1. The summed E-state index contributed by atoms with van der Waals surface area (Å²) in [7, 11) is 0.